The van der Waals surface area contributed by atoms with E-state index in [1.165, 1.54) is 6.42 Å². The van der Waals surface area contributed by atoms with Crippen molar-refractivity contribution in [1.82, 2.24) is 9.88 Å². The molecule has 2 atom stereocenters. The maximum Gasteiger partial charge on any atom is 0.211 e. The summed E-state index contributed by atoms with van der Waals surface area (Å²) >= 11 is 0. The lowest BCUT2D eigenvalue weighted by atomic mass is 10.2. The molecule has 4 heteroatoms. The molecule has 2 rings (SSSR count). The Hall–Kier alpha value is -0.870. The van der Waals surface area contributed by atoms with Crippen LogP contribution in [0, 0.1) is 0 Å². The van der Waals surface area contributed by atoms with Crippen molar-refractivity contribution < 1.29 is 9.52 Å². The second-order valence-electron chi connectivity index (χ2n) is 5.21. The van der Waals surface area contributed by atoms with Crippen LogP contribution in [0.5, 0.6) is 0 Å². The van der Waals surface area contributed by atoms with Gasteiger partial charge >= 0.3 is 0 Å². The highest BCUT2D eigenvalue weighted by Gasteiger charge is 2.31. The van der Waals surface area contributed by atoms with Crippen molar-refractivity contribution in [3.63, 3.8) is 0 Å². The Bertz CT molecular complexity index is 360. The van der Waals surface area contributed by atoms with Crippen molar-refractivity contribution in [2.45, 2.75) is 58.2 Å². The van der Waals surface area contributed by atoms with E-state index in [1.54, 1.807) is 13.1 Å². The van der Waals surface area contributed by atoms with Gasteiger partial charge in [-0.1, -0.05) is 0 Å². The van der Waals surface area contributed by atoms with Gasteiger partial charge in [0.15, 0.2) is 0 Å². The predicted molar refractivity (Wildman–Crippen MR) is 65.7 cm³/mol. The van der Waals surface area contributed by atoms with Crippen LogP contribution in [0.15, 0.2) is 10.6 Å². The first-order valence-corrected chi connectivity index (χ1v) is 6.46. The molecule has 2 heterocycles. The highest BCUT2D eigenvalue weighted by molar-refractivity contribution is 5.02. The van der Waals surface area contributed by atoms with Crippen molar-refractivity contribution in [2.75, 3.05) is 6.54 Å². The standard InChI is InChI=1S/C13H22N2O2/c1-9(2)15-6-4-5-12(15)13-14-8-11(17-13)7-10(3)16/h8-10,12,16H,4-7H2,1-3H3. The molecule has 4 nitrogen and oxygen atoms in total. The fourth-order valence-electron chi connectivity index (χ4n) is 2.53. The monoisotopic (exact) mass is 238 g/mol. The third-order valence-corrected chi connectivity index (χ3v) is 3.31. The van der Waals surface area contributed by atoms with Gasteiger partial charge in [0.1, 0.15) is 5.76 Å². The SMILES string of the molecule is CC(O)Cc1cnc(C2CCCN2C(C)C)o1. The summed E-state index contributed by atoms with van der Waals surface area (Å²) in [5.41, 5.74) is 0. The normalized spacial score (nSPS) is 23.5. The summed E-state index contributed by atoms with van der Waals surface area (Å²) in [6.07, 6.45) is 4.24. The van der Waals surface area contributed by atoms with Crippen LogP contribution in [0.2, 0.25) is 0 Å². The number of nitrogens with zero attached hydrogens (tertiary/aromatic N) is 2. The van der Waals surface area contributed by atoms with E-state index in [9.17, 15) is 5.11 Å². The lowest BCUT2D eigenvalue weighted by Crippen LogP contribution is -2.30. The number of aliphatic hydroxyl groups is 1. The Kier molecular flexibility index (Phi) is 3.84. The van der Waals surface area contributed by atoms with Gasteiger partial charge in [-0.15, -0.1) is 0 Å². The van der Waals surface area contributed by atoms with Gasteiger partial charge in [0, 0.05) is 12.5 Å². The van der Waals surface area contributed by atoms with Gasteiger partial charge < -0.3 is 9.52 Å². The van der Waals surface area contributed by atoms with Gasteiger partial charge in [-0.3, -0.25) is 4.90 Å². The number of rotatable bonds is 4. The van der Waals surface area contributed by atoms with Gasteiger partial charge in [0.25, 0.3) is 0 Å². The molecule has 1 aromatic heterocycles. The molecule has 2 unspecified atom stereocenters. The molecule has 0 amide bonds. The summed E-state index contributed by atoms with van der Waals surface area (Å²) in [6, 6.07) is 0.840. The fourth-order valence-corrected chi connectivity index (χ4v) is 2.53. The molecule has 17 heavy (non-hydrogen) atoms. The minimum atomic E-state index is -0.374. The quantitative estimate of drug-likeness (QED) is 0.873. The molecule has 1 aliphatic heterocycles. The zero-order chi connectivity index (χ0) is 12.4. The molecule has 1 fully saturated rings. The Labute approximate surface area is 103 Å². The lowest BCUT2D eigenvalue weighted by Gasteiger charge is -2.25. The third-order valence-electron chi connectivity index (χ3n) is 3.31. The highest BCUT2D eigenvalue weighted by atomic mass is 16.4. The third kappa shape index (κ3) is 2.87. The van der Waals surface area contributed by atoms with Crippen molar-refractivity contribution in [3.8, 4) is 0 Å². The van der Waals surface area contributed by atoms with Gasteiger partial charge in [0.2, 0.25) is 5.89 Å². The van der Waals surface area contributed by atoms with E-state index in [2.05, 4.69) is 23.7 Å². The first-order chi connectivity index (χ1) is 8.08. The Morgan fingerprint density at radius 1 is 1.53 bits per heavy atom. The van der Waals surface area contributed by atoms with E-state index in [1.807, 2.05) is 0 Å². The summed E-state index contributed by atoms with van der Waals surface area (Å²) in [7, 11) is 0. The molecule has 1 saturated heterocycles. The maximum absolute atomic E-state index is 9.32. The molecule has 0 saturated carbocycles. The summed E-state index contributed by atoms with van der Waals surface area (Å²) in [5.74, 6) is 1.59. The molecule has 1 aromatic rings. The van der Waals surface area contributed by atoms with Crippen LogP contribution >= 0.6 is 0 Å². The Morgan fingerprint density at radius 3 is 2.94 bits per heavy atom. The van der Waals surface area contributed by atoms with E-state index < -0.39 is 0 Å². The van der Waals surface area contributed by atoms with Crippen LogP contribution in [0.1, 0.15) is 51.3 Å². The molecular formula is C13H22N2O2. The van der Waals surface area contributed by atoms with E-state index >= 15 is 0 Å². The fraction of sp³-hybridized carbons (Fsp3) is 0.769. The minimum Gasteiger partial charge on any atom is -0.444 e. The second-order valence-corrected chi connectivity index (χ2v) is 5.21. The first-order valence-electron chi connectivity index (χ1n) is 6.46. The van der Waals surface area contributed by atoms with Crippen LogP contribution in [-0.2, 0) is 6.42 Å². The molecule has 1 aliphatic rings. The number of hydrogen-bond donors (Lipinski definition) is 1. The number of aromatic nitrogens is 1. The molecule has 0 radical (unpaired) electrons. The zero-order valence-electron chi connectivity index (χ0n) is 10.9. The predicted octanol–water partition coefficient (Wildman–Crippen LogP) is 2.14. The average Bonchev–Trinajstić information content (AvgIpc) is 2.82. The average molecular weight is 238 g/mol. The molecule has 0 spiro atoms. The molecule has 0 bridgehead atoms. The number of hydrogen-bond acceptors (Lipinski definition) is 4. The van der Waals surface area contributed by atoms with Gasteiger partial charge in [-0.05, 0) is 40.2 Å². The van der Waals surface area contributed by atoms with E-state index in [0.717, 1.165) is 24.6 Å². The number of aliphatic hydroxyl groups excluding tert-OH is 1. The van der Waals surface area contributed by atoms with Crippen LogP contribution in [-0.4, -0.2) is 33.7 Å². The van der Waals surface area contributed by atoms with E-state index in [4.69, 9.17) is 4.42 Å². The maximum atomic E-state index is 9.32. The largest absolute Gasteiger partial charge is 0.444 e. The van der Waals surface area contributed by atoms with Crippen molar-refractivity contribution in [2.24, 2.45) is 0 Å². The minimum absolute atomic E-state index is 0.317. The molecule has 0 aliphatic carbocycles. The second kappa shape index (κ2) is 5.19. The summed E-state index contributed by atoms with van der Waals surface area (Å²) < 4.78 is 5.75. The van der Waals surface area contributed by atoms with Crippen molar-refractivity contribution in [1.29, 1.82) is 0 Å². The topological polar surface area (TPSA) is 49.5 Å². The molecule has 96 valence electrons. The number of oxazole rings is 1. The summed E-state index contributed by atoms with van der Waals surface area (Å²) in [5, 5.41) is 9.32. The molecule has 0 aromatic carbocycles. The molecule has 1 N–H and O–H groups in total. The smallest absolute Gasteiger partial charge is 0.211 e. The van der Waals surface area contributed by atoms with Crippen molar-refractivity contribution >= 4 is 0 Å². The Balaban J connectivity index is 2.08. The van der Waals surface area contributed by atoms with Gasteiger partial charge in [-0.25, -0.2) is 4.98 Å². The van der Waals surface area contributed by atoms with Gasteiger partial charge in [0.05, 0.1) is 18.3 Å². The van der Waals surface area contributed by atoms with E-state index in [0.29, 0.717) is 18.5 Å². The Morgan fingerprint density at radius 2 is 2.29 bits per heavy atom. The van der Waals surface area contributed by atoms with E-state index in [-0.39, 0.29) is 6.10 Å². The van der Waals surface area contributed by atoms with Crippen LogP contribution in [0.25, 0.3) is 0 Å². The lowest BCUT2D eigenvalue weighted by molar-refractivity contribution is 0.167. The highest BCUT2D eigenvalue weighted by Crippen LogP contribution is 2.33. The van der Waals surface area contributed by atoms with Crippen LogP contribution < -0.4 is 0 Å². The van der Waals surface area contributed by atoms with Crippen LogP contribution in [0.4, 0.5) is 0 Å². The zero-order valence-corrected chi connectivity index (χ0v) is 10.9. The summed E-state index contributed by atoms with van der Waals surface area (Å²) in [6.45, 7) is 7.30. The van der Waals surface area contributed by atoms with Gasteiger partial charge in [-0.2, -0.15) is 0 Å². The van der Waals surface area contributed by atoms with Crippen molar-refractivity contribution in [3.05, 3.63) is 17.8 Å². The first kappa shape index (κ1) is 12.6. The number of likely N-dealkylation sites (tertiary alicyclic amines) is 1. The van der Waals surface area contributed by atoms with Crippen LogP contribution in [0.3, 0.4) is 0 Å². The molecular weight excluding hydrogens is 216 g/mol. The summed E-state index contributed by atoms with van der Waals surface area (Å²) in [4.78, 5) is 6.79.